The molecule has 0 heterocycles. The number of benzene rings is 2. The number of carbonyl (C=O) groups excluding carboxylic acids is 2. The maximum absolute atomic E-state index is 11.8. The van der Waals surface area contributed by atoms with Gasteiger partial charge in [0.2, 0.25) is 0 Å². The molecule has 0 atom stereocenters. The molecular weight excluding hydrogens is 316 g/mol. The minimum absolute atomic E-state index is 0.570. The van der Waals surface area contributed by atoms with Crippen LogP contribution in [0.25, 0.3) is 0 Å². The lowest BCUT2D eigenvalue weighted by Gasteiger charge is -2.11. The van der Waals surface area contributed by atoms with E-state index in [1.165, 1.54) is 6.21 Å². The van der Waals surface area contributed by atoms with Crippen LogP contribution >= 0.6 is 0 Å². The lowest BCUT2D eigenvalue weighted by molar-refractivity contribution is -0.136. The molecule has 0 aliphatic rings. The Morgan fingerprint density at radius 3 is 2.20 bits per heavy atom. The monoisotopic (exact) mass is 338 g/mol. The fraction of sp³-hybridized carbons (Fsp3) is 0.211. The molecule has 2 rings (SSSR count). The number of hydrazone groups is 1. The second kappa shape index (κ2) is 8.63. The van der Waals surface area contributed by atoms with Gasteiger partial charge in [0.1, 0.15) is 0 Å². The van der Waals surface area contributed by atoms with Crippen molar-refractivity contribution >= 4 is 29.4 Å². The summed E-state index contributed by atoms with van der Waals surface area (Å²) in [5.41, 5.74) is 5.83. The van der Waals surface area contributed by atoms with E-state index >= 15 is 0 Å². The Hall–Kier alpha value is -3.15. The highest BCUT2D eigenvalue weighted by Crippen LogP contribution is 2.11. The van der Waals surface area contributed by atoms with Crippen LogP contribution in [0.5, 0.6) is 0 Å². The third-order valence-corrected chi connectivity index (χ3v) is 3.62. The van der Waals surface area contributed by atoms with E-state index in [1.807, 2.05) is 62.3 Å². The van der Waals surface area contributed by atoms with Crippen LogP contribution in [-0.2, 0) is 16.0 Å². The summed E-state index contributed by atoms with van der Waals surface area (Å²) < 4.78 is 0. The Morgan fingerprint density at radius 2 is 1.64 bits per heavy atom. The number of nitrogens with zero attached hydrogens (tertiary/aromatic N) is 2. The first-order valence-electron chi connectivity index (χ1n) is 8.00. The molecule has 0 saturated carbocycles. The standard InChI is InChI=1S/C19H22N4O2/c1-4-14-5-9-16(10-6-14)21-18(24)19(25)22-20-13-15-7-11-17(12-8-15)23(2)3/h5-13H,4H2,1-3H3,(H,21,24)(H,22,25)/b20-13+. The molecular formula is C19H22N4O2. The molecule has 0 aromatic heterocycles. The number of rotatable bonds is 5. The van der Waals surface area contributed by atoms with Crippen LogP contribution in [0.15, 0.2) is 53.6 Å². The van der Waals surface area contributed by atoms with Gasteiger partial charge in [-0.25, -0.2) is 5.43 Å². The Bertz CT molecular complexity index is 750. The molecule has 2 aromatic carbocycles. The van der Waals surface area contributed by atoms with Gasteiger partial charge in [-0.05, 0) is 41.8 Å². The number of anilines is 2. The number of carbonyl (C=O) groups is 2. The molecule has 0 aliphatic heterocycles. The van der Waals surface area contributed by atoms with Crippen LogP contribution in [0, 0.1) is 0 Å². The predicted molar refractivity (Wildman–Crippen MR) is 101 cm³/mol. The van der Waals surface area contributed by atoms with Gasteiger partial charge in [0.15, 0.2) is 0 Å². The number of hydrogen-bond acceptors (Lipinski definition) is 4. The Morgan fingerprint density at radius 1 is 1.00 bits per heavy atom. The van der Waals surface area contributed by atoms with Crippen molar-refractivity contribution < 1.29 is 9.59 Å². The first kappa shape index (κ1) is 18.2. The molecule has 130 valence electrons. The highest BCUT2D eigenvalue weighted by molar-refractivity contribution is 6.39. The maximum atomic E-state index is 11.8. The van der Waals surface area contributed by atoms with Crippen molar-refractivity contribution in [2.75, 3.05) is 24.3 Å². The van der Waals surface area contributed by atoms with Crippen molar-refractivity contribution in [3.05, 3.63) is 59.7 Å². The normalized spacial score (nSPS) is 10.5. The minimum Gasteiger partial charge on any atom is -0.378 e. The summed E-state index contributed by atoms with van der Waals surface area (Å²) in [6, 6.07) is 15.0. The van der Waals surface area contributed by atoms with Gasteiger partial charge >= 0.3 is 11.8 Å². The molecule has 6 nitrogen and oxygen atoms in total. The second-order valence-electron chi connectivity index (χ2n) is 5.69. The van der Waals surface area contributed by atoms with Gasteiger partial charge in [0.05, 0.1) is 6.21 Å². The first-order chi connectivity index (χ1) is 12.0. The topological polar surface area (TPSA) is 73.8 Å². The van der Waals surface area contributed by atoms with Crippen molar-refractivity contribution in [2.24, 2.45) is 5.10 Å². The van der Waals surface area contributed by atoms with Crippen molar-refractivity contribution in [1.82, 2.24) is 5.43 Å². The van der Waals surface area contributed by atoms with Gasteiger partial charge in [0.25, 0.3) is 0 Å². The minimum atomic E-state index is -0.819. The van der Waals surface area contributed by atoms with Gasteiger partial charge in [-0.1, -0.05) is 31.2 Å². The molecule has 0 aliphatic carbocycles. The summed E-state index contributed by atoms with van der Waals surface area (Å²) in [5, 5.41) is 6.34. The third-order valence-electron chi connectivity index (χ3n) is 3.62. The first-order valence-corrected chi connectivity index (χ1v) is 8.00. The van der Waals surface area contributed by atoms with Gasteiger partial charge in [-0.2, -0.15) is 5.10 Å². The maximum Gasteiger partial charge on any atom is 0.329 e. The van der Waals surface area contributed by atoms with Crippen LogP contribution in [0.2, 0.25) is 0 Å². The second-order valence-corrected chi connectivity index (χ2v) is 5.69. The zero-order valence-corrected chi connectivity index (χ0v) is 14.6. The number of hydrogen-bond donors (Lipinski definition) is 2. The van der Waals surface area contributed by atoms with E-state index in [2.05, 4.69) is 15.8 Å². The van der Waals surface area contributed by atoms with Crippen molar-refractivity contribution in [1.29, 1.82) is 0 Å². The van der Waals surface area contributed by atoms with Crippen molar-refractivity contribution in [2.45, 2.75) is 13.3 Å². The molecule has 0 bridgehead atoms. The van der Waals surface area contributed by atoms with Crippen molar-refractivity contribution in [3.63, 3.8) is 0 Å². The molecule has 0 saturated heterocycles. The number of amides is 2. The molecule has 0 radical (unpaired) electrons. The van der Waals surface area contributed by atoms with Crippen LogP contribution < -0.4 is 15.6 Å². The van der Waals surface area contributed by atoms with E-state index in [0.717, 1.165) is 23.2 Å². The van der Waals surface area contributed by atoms with Crippen LogP contribution in [0.4, 0.5) is 11.4 Å². The van der Waals surface area contributed by atoms with Gasteiger partial charge < -0.3 is 10.2 Å². The van der Waals surface area contributed by atoms with E-state index < -0.39 is 11.8 Å². The zero-order chi connectivity index (χ0) is 18.2. The molecule has 0 spiro atoms. The van der Waals surface area contributed by atoms with Gasteiger partial charge in [-0.3, -0.25) is 9.59 Å². The smallest absolute Gasteiger partial charge is 0.329 e. The van der Waals surface area contributed by atoms with E-state index in [-0.39, 0.29) is 0 Å². The molecule has 2 aromatic rings. The molecule has 6 heteroatoms. The van der Waals surface area contributed by atoms with Crippen LogP contribution in [0.3, 0.4) is 0 Å². The van der Waals surface area contributed by atoms with Crippen molar-refractivity contribution in [3.8, 4) is 0 Å². The lowest BCUT2D eigenvalue weighted by atomic mass is 10.1. The molecule has 2 amide bonds. The lowest BCUT2D eigenvalue weighted by Crippen LogP contribution is -2.32. The number of aryl methyl sites for hydroxylation is 1. The van der Waals surface area contributed by atoms with E-state index in [1.54, 1.807) is 12.1 Å². The Kier molecular flexibility index (Phi) is 6.28. The third kappa shape index (κ3) is 5.46. The number of nitrogens with one attached hydrogen (secondary N) is 2. The Labute approximate surface area is 147 Å². The summed E-state index contributed by atoms with van der Waals surface area (Å²) in [6.07, 6.45) is 2.40. The van der Waals surface area contributed by atoms with Crippen LogP contribution in [0.1, 0.15) is 18.1 Å². The summed E-state index contributed by atoms with van der Waals surface area (Å²) >= 11 is 0. The fourth-order valence-corrected chi connectivity index (χ4v) is 2.09. The van der Waals surface area contributed by atoms with E-state index in [9.17, 15) is 9.59 Å². The van der Waals surface area contributed by atoms with E-state index in [0.29, 0.717) is 5.69 Å². The summed E-state index contributed by atoms with van der Waals surface area (Å²) in [6.45, 7) is 2.05. The largest absolute Gasteiger partial charge is 0.378 e. The zero-order valence-electron chi connectivity index (χ0n) is 14.6. The highest BCUT2D eigenvalue weighted by atomic mass is 16.2. The highest BCUT2D eigenvalue weighted by Gasteiger charge is 2.12. The molecule has 2 N–H and O–H groups in total. The fourth-order valence-electron chi connectivity index (χ4n) is 2.09. The predicted octanol–water partition coefficient (Wildman–Crippen LogP) is 2.40. The quantitative estimate of drug-likeness (QED) is 0.499. The SMILES string of the molecule is CCc1ccc(NC(=O)C(=O)N/N=C/c2ccc(N(C)C)cc2)cc1. The average Bonchev–Trinajstić information content (AvgIpc) is 2.62. The molecule has 0 fully saturated rings. The summed E-state index contributed by atoms with van der Waals surface area (Å²) in [7, 11) is 3.91. The van der Waals surface area contributed by atoms with Crippen LogP contribution in [-0.4, -0.2) is 32.1 Å². The molecule has 25 heavy (non-hydrogen) atoms. The molecule has 0 unspecified atom stereocenters. The average molecular weight is 338 g/mol. The van der Waals surface area contributed by atoms with Gasteiger partial charge in [-0.15, -0.1) is 0 Å². The summed E-state index contributed by atoms with van der Waals surface area (Å²) in [4.78, 5) is 25.6. The van der Waals surface area contributed by atoms with E-state index in [4.69, 9.17) is 0 Å². The summed E-state index contributed by atoms with van der Waals surface area (Å²) in [5.74, 6) is -1.58. The Balaban J connectivity index is 1.86. The van der Waals surface area contributed by atoms with Gasteiger partial charge in [0, 0.05) is 25.5 Å².